The Balaban J connectivity index is 1.94. The Labute approximate surface area is 115 Å². The van der Waals surface area contributed by atoms with Gasteiger partial charge in [0.25, 0.3) is 0 Å². The standard InChI is InChI=1S/C14H26N4O/c1-4-15-12(11-7-5-6-8-11)9-14-16-13(17-19-14)10-18(2)3/h11-12,15H,4-10H2,1-3H3. The van der Waals surface area contributed by atoms with Crippen molar-refractivity contribution < 1.29 is 4.52 Å². The SMILES string of the molecule is CCNC(Cc1nc(CN(C)C)no1)C1CCCC1. The van der Waals surface area contributed by atoms with Crippen molar-refractivity contribution in [1.29, 1.82) is 0 Å². The van der Waals surface area contributed by atoms with Crippen LogP contribution >= 0.6 is 0 Å². The zero-order chi connectivity index (χ0) is 13.7. The summed E-state index contributed by atoms with van der Waals surface area (Å²) in [7, 11) is 4.02. The Morgan fingerprint density at radius 1 is 1.37 bits per heavy atom. The van der Waals surface area contributed by atoms with Gasteiger partial charge in [0.15, 0.2) is 5.82 Å². The average molecular weight is 266 g/mol. The van der Waals surface area contributed by atoms with E-state index in [0.29, 0.717) is 6.04 Å². The molecule has 0 amide bonds. The summed E-state index contributed by atoms with van der Waals surface area (Å²) in [5.41, 5.74) is 0. The van der Waals surface area contributed by atoms with Crippen LogP contribution in [-0.4, -0.2) is 41.7 Å². The van der Waals surface area contributed by atoms with Crippen LogP contribution in [-0.2, 0) is 13.0 Å². The number of rotatable bonds is 7. The van der Waals surface area contributed by atoms with Crippen molar-refractivity contribution in [1.82, 2.24) is 20.4 Å². The lowest BCUT2D eigenvalue weighted by Crippen LogP contribution is -2.37. The highest BCUT2D eigenvalue weighted by atomic mass is 16.5. The normalized spacial score (nSPS) is 18.3. The lowest BCUT2D eigenvalue weighted by molar-refractivity contribution is 0.306. The number of nitrogens with zero attached hydrogens (tertiary/aromatic N) is 3. The van der Waals surface area contributed by atoms with Crippen LogP contribution in [0.3, 0.4) is 0 Å². The molecule has 108 valence electrons. The third kappa shape index (κ3) is 4.28. The van der Waals surface area contributed by atoms with Crippen LogP contribution < -0.4 is 5.32 Å². The summed E-state index contributed by atoms with van der Waals surface area (Å²) >= 11 is 0. The van der Waals surface area contributed by atoms with E-state index in [1.54, 1.807) is 0 Å². The number of hydrogen-bond donors (Lipinski definition) is 1. The van der Waals surface area contributed by atoms with Crippen molar-refractivity contribution in [3.05, 3.63) is 11.7 Å². The van der Waals surface area contributed by atoms with Gasteiger partial charge in [0.05, 0.1) is 6.54 Å². The molecule has 19 heavy (non-hydrogen) atoms. The Morgan fingerprint density at radius 2 is 2.11 bits per heavy atom. The Hall–Kier alpha value is -0.940. The summed E-state index contributed by atoms with van der Waals surface area (Å²) in [6.45, 7) is 3.89. The van der Waals surface area contributed by atoms with Crippen molar-refractivity contribution in [2.45, 2.75) is 51.6 Å². The van der Waals surface area contributed by atoms with Crippen LogP contribution in [0, 0.1) is 5.92 Å². The van der Waals surface area contributed by atoms with E-state index >= 15 is 0 Å². The molecule has 1 aromatic rings. The maximum atomic E-state index is 5.37. The van der Waals surface area contributed by atoms with Crippen molar-refractivity contribution in [3.8, 4) is 0 Å². The molecule has 0 bridgehead atoms. The quantitative estimate of drug-likeness (QED) is 0.816. The van der Waals surface area contributed by atoms with Crippen molar-refractivity contribution >= 4 is 0 Å². The number of hydrogen-bond acceptors (Lipinski definition) is 5. The number of likely N-dealkylation sites (N-methyl/N-ethyl adjacent to an activating group) is 1. The van der Waals surface area contributed by atoms with E-state index in [-0.39, 0.29) is 0 Å². The van der Waals surface area contributed by atoms with E-state index in [2.05, 4.69) is 22.4 Å². The Kier molecular flexibility index (Phi) is 5.34. The van der Waals surface area contributed by atoms with Crippen LogP contribution in [0.15, 0.2) is 4.52 Å². The minimum absolute atomic E-state index is 0.486. The molecule has 1 aliphatic carbocycles. The average Bonchev–Trinajstić information content (AvgIpc) is 2.99. The van der Waals surface area contributed by atoms with Gasteiger partial charge in [0.1, 0.15) is 0 Å². The van der Waals surface area contributed by atoms with Crippen LogP contribution in [0.2, 0.25) is 0 Å². The molecule has 1 N–H and O–H groups in total. The van der Waals surface area contributed by atoms with E-state index < -0.39 is 0 Å². The molecule has 2 rings (SSSR count). The summed E-state index contributed by atoms with van der Waals surface area (Å²) in [6, 6.07) is 0.486. The fourth-order valence-corrected chi connectivity index (χ4v) is 2.94. The molecule has 1 aliphatic rings. The molecule has 1 aromatic heterocycles. The van der Waals surface area contributed by atoms with Crippen LogP contribution in [0.5, 0.6) is 0 Å². The Morgan fingerprint density at radius 3 is 2.74 bits per heavy atom. The molecule has 5 nitrogen and oxygen atoms in total. The zero-order valence-electron chi connectivity index (χ0n) is 12.4. The second-order valence-corrected chi connectivity index (χ2v) is 5.75. The predicted molar refractivity (Wildman–Crippen MR) is 74.8 cm³/mol. The van der Waals surface area contributed by atoms with Gasteiger partial charge < -0.3 is 14.7 Å². The van der Waals surface area contributed by atoms with E-state index in [0.717, 1.165) is 37.1 Å². The second-order valence-electron chi connectivity index (χ2n) is 5.75. The van der Waals surface area contributed by atoms with E-state index in [1.807, 2.05) is 19.0 Å². The van der Waals surface area contributed by atoms with Gasteiger partial charge in [-0.2, -0.15) is 4.98 Å². The van der Waals surface area contributed by atoms with Gasteiger partial charge in [0.2, 0.25) is 5.89 Å². The Bertz CT molecular complexity index is 371. The monoisotopic (exact) mass is 266 g/mol. The van der Waals surface area contributed by atoms with Crippen LogP contribution in [0.4, 0.5) is 0 Å². The maximum Gasteiger partial charge on any atom is 0.228 e. The highest BCUT2D eigenvalue weighted by Gasteiger charge is 2.26. The first-order valence-electron chi connectivity index (χ1n) is 7.38. The lowest BCUT2D eigenvalue weighted by Gasteiger charge is -2.22. The molecule has 1 unspecified atom stereocenters. The van der Waals surface area contributed by atoms with Crippen molar-refractivity contribution in [3.63, 3.8) is 0 Å². The van der Waals surface area contributed by atoms with Gasteiger partial charge in [-0.3, -0.25) is 0 Å². The van der Waals surface area contributed by atoms with Crippen LogP contribution in [0.1, 0.15) is 44.3 Å². The van der Waals surface area contributed by atoms with Gasteiger partial charge in [-0.25, -0.2) is 0 Å². The fraction of sp³-hybridized carbons (Fsp3) is 0.857. The predicted octanol–water partition coefficient (Wildman–Crippen LogP) is 1.84. The smallest absolute Gasteiger partial charge is 0.228 e. The molecule has 1 saturated carbocycles. The first-order chi connectivity index (χ1) is 9.19. The molecule has 0 saturated heterocycles. The van der Waals surface area contributed by atoms with Gasteiger partial charge in [-0.15, -0.1) is 0 Å². The lowest BCUT2D eigenvalue weighted by atomic mass is 9.95. The molecule has 1 heterocycles. The molecular formula is C14H26N4O. The first-order valence-corrected chi connectivity index (χ1v) is 7.38. The third-order valence-corrected chi connectivity index (χ3v) is 3.80. The molecule has 1 atom stereocenters. The number of nitrogens with one attached hydrogen (secondary N) is 1. The van der Waals surface area contributed by atoms with Gasteiger partial charge in [-0.05, 0) is 39.4 Å². The zero-order valence-corrected chi connectivity index (χ0v) is 12.4. The second kappa shape index (κ2) is 7.01. The highest BCUT2D eigenvalue weighted by Crippen LogP contribution is 2.29. The van der Waals surface area contributed by atoms with E-state index in [4.69, 9.17) is 4.52 Å². The minimum atomic E-state index is 0.486. The van der Waals surface area contributed by atoms with E-state index in [9.17, 15) is 0 Å². The fourth-order valence-electron chi connectivity index (χ4n) is 2.94. The summed E-state index contributed by atoms with van der Waals surface area (Å²) in [5.74, 6) is 2.32. The summed E-state index contributed by atoms with van der Waals surface area (Å²) in [6.07, 6.45) is 6.25. The van der Waals surface area contributed by atoms with Crippen molar-refractivity contribution in [2.24, 2.45) is 5.92 Å². The summed E-state index contributed by atoms with van der Waals surface area (Å²) < 4.78 is 5.37. The highest BCUT2D eigenvalue weighted by molar-refractivity contribution is 4.92. The molecule has 0 aromatic carbocycles. The summed E-state index contributed by atoms with van der Waals surface area (Å²) in [4.78, 5) is 6.53. The maximum absolute atomic E-state index is 5.37. The number of aromatic nitrogens is 2. The topological polar surface area (TPSA) is 54.2 Å². The molecule has 0 spiro atoms. The van der Waals surface area contributed by atoms with Crippen LogP contribution in [0.25, 0.3) is 0 Å². The van der Waals surface area contributed by atoms with Gasteiger partial charge in [0, 0.05) is 12.5 Å². The largest absolute Gasteiger partial charge is 0.339 e. The minimum Gasteiger partial charge on any atom is -0.339 e. The molecule has 5 heteroatoms. The van der Waals surface area contributed by atoms with Gasteiger partial charge in [-0.1, -0.05) is 24.9 Å². The van der Waals surface area contributed by atoms with Gasteiger partial charge >= 0.3 is 0 Å². The molecule has 0 aliphatic heterocycles. The third-order valence-electron chi connectivity index (χ3n) is 3.80. The molecule has 1 fully saturated rings. The molecular weight excluding hydrogens is 240 g/mol. The first kappa shape index (κ1) is 14.5. The summed E-state index contributed by atoms with van der Waals surface area (Å²) in [5, 5.41) is 7.63. The van der Waals surface area contributed by atoms with Crippen molar-refractivity contribution in [2.75, 3.05) is 20.6 Å². The van der Waals surface area contributed by atoms with E-state index in [1.165, 1.54) is 25.7 Å². The molecule has 0 radical (unpaired) electrons.